The van der Waals surface area contributed by atoms with Crippen LogP contribution in [0.5, 0.6) is 0 Å². The van der Waals surface area contributed by atoms with Crippen LogP contribution in [0.25, 0.3) is 0 Å². The van der Waals surface area contributed by atoms with E-state index in [9.17, 15) is 0 Å². The predicted molar refractivity (Wildman–Crippen MR) is 103 cm³/mol. The Hall–Kier alpha value is -1.04. The van der Waals surface area contributed by atoms with Crippen molar-refractivity contribution in [2.24, 2.45) is 28.1 Å². The molecule has 2 aliphatic carbocycles. The fourth-order valence-electron chi connectivity index (χ4n) is 4.20. The molecular weight excluding hydrogens is 276 g/mol. The van der Waals surface area contributed by atoms with Gasteiger partial charge in [-0.2, -0.15) is 0 Å². The van der Waals surface area contributed by atoms with Crippen molar-refractivity contribution in [3.63, 3.8) is 0 Å². The SMILES string of the molecule is CC1=CC(C(C)(C)C2C=C(C)C(C(C)(C)C)=C2)C=C1C(C)(C)C. The molecule has 2 aliphatic rings. The van der Waals surface area contributed by atoms with Gasteiger partial charge in [-0.15, -0.1) is 0 Å². The Morgan fingerprint density at radius 3 is 1.09 bits per heavy atom. The fourth-order valence-corrected chi connectivity index (χ4v) is 4.20. The van der Waals surface area contributed by atoms with E-state index in [0.29, 0.717) is 11.8 Å². The molecule has 0 saturated carbocycles. The van der Waals surface area contributed by atoms with Crippen molar-refractivity contribution < 1.29 is 0 Å². The summed E-state index contributed by atoms with van der Waals surface area (Å²) in [6.45, 7) is 23.3. The van der Waals surface area contributed by atoms with Crippen molar-refractivity contribution in [1.29, 1.82) is 0 Å². The Balaban J connectivity index is 2.35. The molecule has 0 aliphatic heterocycles. The maximum atomic E-state index is 2.53. The third-order valence-electron chi connectivity index (χ3n) is 5.74. The van der Waals surface area contributed by atoms with Crippen LogP contribution in [-0.2, 0) is 0 Å². The van der Waals surface area contributed by atoms with Gasteiger partial charge in [0, 0.05) is 11.8 Å². The minimum atomic E-state index is 0.211. The van der Waals surface area contributed by atoms with Crippen LogP contribution in [0.2, 0.25) is 0 Å². The summed E-state index contributed by atoms with van der Waals surface area (Å²) in [7, 11) is 0. The number of hydrogen-bond acceptors (Lipinski definition) is 0. The van der Waals surface area contributed by atoms with Gasteiger partial charge >= 0.3 is 0 Å². The van der Waals surface area contributed by atoms with E-state index in [4.69, 9.17) is 0 Å². The van der Waals surface area contributed by atoms with Crippen LogP contribution < -0.4 is 0 Å². The lowest BCUT2D eigenvalue weighted by molar-refractivity contribution is 0.250. The number of allylic oxidation sites excluding steroid dienone is 8. The smallest absolute Gasteiger partial charge is 0.00183 e. The first-order valence-corrected chi connectivity index (χ1v) is 9.07. The van der Waals surface area contributed by atoms with Gasteiger partial charge in [0.15, 0.2) is 0 Å². The van der Waals surface area contributed by atoms with Gasteiger partial charge in [-0.3, -0.25) is 0 Å². The third kappa shape index (κ3) is 3.42. The first-order chi connectivity index (χ1) is 10.2. The van der Waals surface area contributed by atoms with Crippen LogP contribution in [0, 0.1) is 28.1 Å². The molecule has 0 nitrogen and oxygen atoms in total. The molecule has 0 N–H and O–H groups in total. The molecule has 0 saturated heterocycles. The third-order valence-corrected chi connectivity index (χ3v) is 5.74. The Labute approximate surface area is 144 Å². The molecule has 0 spiro atoms. The number of hydrogen-bond donors (Lipinski definition) is 0. The molecule has 0 aromatic rings. The molecule has 0 radical (unpaired) electrons. The summed E-state index contributed by atoms with van der Waals surface area (Å²) in [6, 6.07) is 0. The first kappa shape index (κ1) is 18.3. The predicted octanol–water partition coefficient (Wildman–Crippen LogP) is 7.11. The zero-order valence-electron chi connectivity index (χ0n) is 17.0. The molecular formula is C23H36. The largest absolute Gasteiger partial charge is 0.0738 e. The summed E-state index contributed by atoms with van der Waals surface area (Å²) >= 11 is 0. The topological polar surface area (TPSA) is 0 Å². The van der Waals surface area contributed by atoms with Crippen LogP contribution >= 0.6 is 0 Å². The molecule has 0 amide bonds. The van der Waals surface area contributed by atoms with Crippen molar-refractivity contribution >= 4 is 0 Å². The molecule has 23 heavy (non-hydrogen) atoms. The Bertz CT molecular complexity index is 549. The van der Waals surface area contributed by atoms with E-state index in [1.807, 2.05) is 0 Å². The second-order valence-electron chi connectivity index (χ2n) is 10.2. The quantitative estimate of drug-likeness (QED) is 0.509. The highest BCUT2D eigenvalue weighted by molar-refractivity contribution is 5.45. The van der Waals surface area contributed by atoms with E-state index in [2.05, 4.69) is 93.5 Å². The molecule has 0 bridgehead atoms. The monoisotopic (exact) mass is 312 g/mol. The van der Waals surface area contributed by atoms with Crippen LogP contribution in [0.1, 0.15) is 69.2 Å². The van der Waals surface area contributed by atoms with E-state index in [0.717, 1.165) is 0 Å². The molecule has 0 aromatic heterocycles. The molecule has 0 heterocycles. The van der Waals surface area contributed by atoms with E-state index in [1.165, 1.54) is 22.3 Å². The van der Waals surface area contributed by atoms with Crippen LogP contribution in [0.3, 0.4) is 0 Å². The molecule has 2 unspecified atom stereocenters. The van der Waals surface area contributed by atoms with Gasteiger partial charge in [0.2, 0.25) is 0 Å². The van der Waals surface area contributed by atoms with Crippen molar-refractivity contribution in [3.8, 4) is 0 Å². The summed E-state index contributed by atoms with van der Waals surface area (Å²) in [5.74, 6) is 1.03. The molecule has 128 valence electrons. The number of rotatable bonds is 2. The fraction of sp³-hybridized carbons (Fsp3) is 0.652. The second kappa shape index (κ2) is 5.50. The van der Waals surface area contributed by atoms with E-state index >= 15 is 0 Å². The lowest BCUT2D eigenvalue weighted by atomic mass is 9.69. The second-order valence-corrected chi connectivity index (χ2v) is 10.2. The van der Waals surface area contributed by atoms with Gasteiger partial charge in [-0.25, -0.2) is 0 Å². The van der Waals surface area contributed by atoms with Gasteiger partial charge < -0.3 is 0 Å². The zero-order valence-corrected chi connectivity index (χ0v) is 17.0. The highest BCUT2D eigenvalue weighted by atomic mass is 14.4. The average Bonchev–Trinajstić information content (AvgIpc) is 2.91. The van der Waals surface area contributed by atoms with Gasteiger partial charge in [0.05, 0.1) is 0 Å². The lowest BCUT2D eigenvalue weighted by Gasteiger charge is -2.34. The normalized spacial score (nSPS) is 26.0. The van der Waals surface area contributed by atoms with Gasteiger partial charge in [0.1, 0.15) is 0 Å². The molecule has 2 atom stereocenters. The van der Waals surface area contributed by atoms with Crippen LogP contribution in [-0.4, -0.2) is 0 Å². The maximum Gasteiger partial charge on any atom is 0.00183 e. The van der Waals surface area contributed by atoms with Crippen LogP contribution in [0.15, 0.2) is 46.6 Å². The minimum absolute atomic E-state index is 0.211. The Kier molecular flexibility index (Phi) is 4.38. The standard InChI is InChI=1S/C23H36/c1-15-11-17(13-19(15)21(3,4)5)23(9,10)18-12-16(2)20(14-18)22(6,7)8/h11-14,17-18H,1-10H3. The Morgan fingerprint density at radius 1 is 0.565 bits per heavy atom. The van der Waals surface area contributed by atoms with Crippen molar-refractivity contribution in [2.45, 2.75) is 69.2 Å². The maximum absolute atomic E-state index is 2.53. The van der Waals surface area contributed by atoms with Crippen molar-refractivity contribution in [2.75, 3.05) is 0 Å². The van der Waals surface area contributed by atoms with E-state index in [1.54, 1.807) is 0 Å². The molecule has 0 heteroatoms. The summed E-state index contributed by atoms with van der Waals surface area (Å²) < 4.78 is 0. The molecule has 0 fully saturated rings. The summed E-state index contributed by atoms with van der Waals surface area (Å²) in [4.78, 5) is 0. The van der Waals surface area contributed by atoms with E-state index in [-0.39, 0.29) is 16.2 Å². The summed E-state index contributed by atoms with van der Waals surface area (Å²) in [6.07, 6.45) is 10.0. The van der Waals surface area contributed by atoms with Gasteiger partial charge in [0.25, 0.3) is 0 Å². The first-order valence-electron chi connectivity index (χ1n) is 9.07. The van der Waals surface area contributed by atoms with Crippen molar-refractivity contribution in [1.82, 2.24) is 0 Å². The highest BCUT2D eigenvalue weighted by Crippen LogP contribution is 2.50. The summed E-state index contributed by atoms with van der Waals surface area (Å²) in [5.41, 5.74) is 6.66. The zero-order chi connectivity index (χ0) is 17.8. The van der Waals surface area contributed by atoms with Crippen LogP contribution in [0.4, 0.5) is 0 Å². The molecule has 0 aromatic carbocycles. The molecule has 2 rings (SSSR count). The minimum Gasteiger partial charge on any atom is -0.0738 e. The lowest BCUT2D eigenvalue weighted by Crippen LogP contribution is -2.27. The van der Waals surface area contributed by atoms with Gasteiger partial charge in [-0.1, -0.05) is 90.8 Å². The van der Waals surface area contributed by atoms with Crippen molar-refractivity contribution in [3.05, 3.63) is 46.6 Å². The summed E-state index contributed by atoms with van der Waals surface area (Å²) in [5, 5.41) is 0. The highest BCUT2D eigenvalue weighted by Gasteiger charge is 2.39. The van der Waals surface area contributed by atoms with E-state index < -0.39 is 0 Å². The average molecular weight is 313 g/mol. The Morgan fingerprint density at radius 2 is 0.870 bits per heavy atom. The van der Waals surface area contributed by atoms with Gasteiger partial charge in [-0.05, 0) is 41.2 Å².